The van der Waals surface area contributed by atoms with Gasteiger partial charge < -0.3 is 20.7 Å². The molecule has 0 aliphatic heterocycles. The van der Waals surface area contributed by atoms with Crippen LogP contribution in [0.25, 0.3) is 0 Å². The van der Waals surface area contributed by atoms with Gasteiger partial charge in [-0.15, -0.1) is 0 Å². The molecular formula is C17H25NO5. The zero-order valence-electron chi connectivity index (χ0n) is 14.2. The number of rotatable bonds is 6. The summed E-state index contributed by atoms with van der Waals surface area (Å²) in [5.41, 5.74) is 4.29. The minimum atomic E-state index is -1.43. The predicted octanol–water partition coefficient (Wildman–Crippen LogP) is 2.12. The number of carboxylic acid groups (broad SMARTS) is 1. The van der Waals surface area contributed by atoms with Crippen LogP contribution in [0.1, 0.15) is 40.2 Å². The van der Waals surface area contributed by atoms with Crippen molar-refractivity contribution < 1.29 is 24.5 Å². The summed E-state index contributed by atoms with van der Waals surface area (Å²) in [6.45, 7) is 8.42. The van der Waals surface area contributed by atoms with E-state index in [0.717, 1.165) is 0 Å². The molecule has 1 aromatic rings. The molecule has 0 heterocycles. The number of phenolic OH excluding ortho intramolecular Hbond substituents is 1. The molecule has 1 rings (SSSR count). The molecule has 2 atom stereocenters. The van der Waals surface area contributed by atoms with Gasteiger partial charge in [0.2, 0.25) is 0 Å². The lowest BCUT2D eigenvalue weighted by molar-refractivity contribution is -0.142. The molecule has 0 fully saturated rings. The number of aliphatic carboxylic acids is 1. The minimum absolute atomic E-state index is 0.0622. The maximum atomic E-state index is 12.1. The summed E-state index contributed by atoms with van der Waals surface area (Å²) in [4.78, 5) is 23.2. The van der Waals surface area contributed by atoms with Crippen molar-refractivity contribution in [1.29, 1.82) is 0 Å². The zero-order chi connectivity index (χ0) is 18.0. The summed E-state index contributed by atoms with van der Waals surface area (Å²) in [6.07, 6.45) is -0.641. The van der Waals surface area contributed by atoms with Crippen LogP contribution in [0.4, 0.5) is 0 Å². The molecule has 23 heavy (non-hydrogen) atoms. The number of carbonyl (C=O) groups excluding carboxylic acids is 1. The number of ketones is 1. The molecule has 0 aromatic heterocycles. The van der Waals surface area contributed by atoms with Crippen molar-refractivity contribution in [3.63, 3.8) is 0 Å². The molecule has 0 spiro atoms. The predicted molar refractivity (Wildman–Crippen MR) is 86.6 cm³/mol. The highest BCUT2D eigenvalue weighted by atomic mass is 16.5. The third-order valence-corrected chi connectivity index (χ3v) is 3.50. The maximum Gasteiger partial charge on any atom is 0.323 e. The van der Waals surface area contributed by atoms with E-state index in [2.05, 4.69) is 0 Å². The van der Waals surface area contributed by atoms with E-state index in [0.29, 0.717) is 5.56 Å². The number of hydrogen-bond acceptors (Lipinski definition) is 5. The first kappa shape index (κ1) is 19.0. The molecule has 6 nitrogen and oxygen atoms in total. The Balaban J connectivity index is 2.89. The SMILES string of the molecule is C[C@@H](Oc1ccc(C[C@](C)(N)C(=O)O)cc1O)C(=O)C(C)(C)C. The van der Waals surface area contributed by atoms with Crippen molar-refractivity contribution in [3.8, 4) is 11.5 Å². The molecule has 128 valence electrons. The molecule has 0 unspecified atom stereocenters. The zero-order valence-corrected chi connectivity index (χ0v) is 14.2. The molecule has 0 aliphatic carbocycles. The van der Waals surface area contributed by atoms with Gasteiger partial charge in [0, 0.05) is 11.8 Å². The lowest BCUT2D eigenvalue weighted by atomic mass is 9.88. The van der Waals surface area contributed by atoms with E-state index in [1.807, 2.05) is 0 Å². The van der Waals surface area contributed by atoms with Crippen molar-refractivity contribution in [3.05, 3.63) is 23.8 Å². The Morgan fingerprint density at radius 2 is 1.83 bits per heavy atom. The second-order valence-electron chi connectivity index (χ2n) is 7.08. The fourth-order valence-electron chi connectivity index (χ4n) is 2.13. The average molecular weight is 323 g/mol. The summed E-state index contributed by atoms with van der Waals surface area (Å²) >= 11 is 0. The van der Waals surface area contributed by atoms with Crippen LogP contribution in [0.3, 0.4) is 0 Å². The van der Waals surface area contributed by atoms with Crippen LogP contribution < -0.4 is 10.5 Å². The average Bonchev–Trinajstić information content (AvgIpc) is 2.39. The standard InChI is InChI=1S/C17H25NO5/c1-10(14(20)16(2,3)4)23-13-7-6-11(8-12(13)19)9-17(5,18)15(21)22/h6-8,10,19H,9,18H2,1-5H3,(H,21,22)/t10-,17+/m1/s1. The third kappa shape index (κ3) is 4.96. The summed E-state index contributed by atoms with van der Waals surface area (Å²) in [5, 5.41) is 19.1. The highest BCUT2D eigenvalue weighted by Crippen LogP contribution is 2.30. The van der Waals surface area contributed by atoms with Crippen LogP contribution in [0.2, 0.25) is 0 Å². The number of carbonyl (C=O) groups is 2. The molecule has 0 saturated heterocycles. The van der Waals surface area contributed by atoms with Gasteiger partial charge in [-0.2, -0.15) is 0 Å². The number of Topliss-reactive ketones (excluding diaryl/α,β-unsaturated/α-hetero) is 1. The largest absolute Gasteiger partial charge is 0.504 e. The van der Waals surface area contributed by atoms with Gasteiger partial charge in [0.05, 0.1) is 0 Å². The van der Waals surface area contributed by atoms with E-state index in [9.17, 15) is 14.7 Å². The van der Waals surface area contributed by atoms with Crippen LogP contribution >= 0.6 is 0 Å². The van der Waals surface area contributed by atoms with Crippen LogP contribution in [0.5, 0.6) is 11.5 Å². The summed E-state index contributed by atoms with van der Waals surface area (Å²) in [6, 6.07) is 4.53. The monoisotopic (exact) mass is 323 g/mol. The Morgan fingerprint density at radius 1 is 1.26 bits per heavy atom. The lowest BCUT2D eigenvalue weighted by Gasteiger charge is -2.23. The number of benzene rings is 1. The first-order valence-electron chi connectivity index (χ1n) is 7.40. The summed E-state index contributed by atoms with van der Waals surface area (Å²) in [7, 11) is 0. The summed E-state index contributed by atoms with van der Waals surface area (Å²) in [5.74, 6) is -1.19. The van der Waals surface area contributed by atoms with E-state index < -0.39 is 23.0 Å². The van der Waals surface area contributed by atoms with Gasteiger partial charge in [-0.3, -0.25) is 9.59 Å². The van der Waals surface area contributed by atoms with Gasteiger partial charge in [0.25, 0.3) is 0 Å². The number of hydrogen-bond donors (Lipinski definition) is 3. The van der Waals surface area contributed by atoms with Gasteiger partial charge in [0.1, 0.15) is 5.54 Å². The van der Waals surface area contributed by atoms with E-state index >= 15 is 0 Å². The van der Waals surface area contributed by atoms with Crippen LogP contribution in [0.15, 0.2) is 18.2 Å². The van der Waals surface area contributed by atoms with E-state index in [-0.39, 0.29) is 23.7 Å². The number of aromatic hydroxyl groups is 1. The molecule has 0 amide bonds. The van der Waals surface area contributed by atoms with Gasteiger partial charge in [0.15, 0.2) is 23.4 Å². The number of phenols is 1. The molecule has 6 heteroatoms. The third-order valence-electron chi connectivity index (χ3n) is 3.50. The van der Waals surface area contributed by atoms with Crippen molar-refractivity contribution in [2.75, 3.05) is 0 Å². The van der Waals surface area contributed by atoms with Crippen molar-refractivity contribution in [1.82, 2.24) is 0 Å². The number of carboxylic acids is 1. The van der Waals surface area contributed by atoms with Crippen molar-refractivity contribution in [2.45, 2.75) is 52.7 Å². The summed E-state index contributed by atoms with van der Waals surface area (Å²) < 4.78 is 5.52. The Kier molecular flexibility index (Phi) is 5.43. The highest BCUT2D eigenvalue weighted by Gasteiger charge is 2.30. The molecule has 0 bridgehead atoms. The minimum Gasteiger partial charge on any atom is -0.504 e. The Hall–Kier alpha value is -2.08. The fraction of sp³-hybridized carbons (Fsp3) is 0.529. The Morgan fingerprint density at radius 3 is 2.26 bits per heavy atom. The molecule has 4 N–H and O–H groups in total. The Labute approximate surface area is 136 Å². The van der Waals surface area contributed by atoms with E-state index in [1.165, 1.54) is 19.1 Å². The van der Waals surface area contributed by atoms with Crippen LogP contribution in [-0.2, 0) is 16.0 Å². The first-order chi connectivity index (χ1) is 10.3. The van der Waals surface area contributed by atoms with Crippen molar-refractivity contribution in [2.24, 2.45) is 11.1 Å². The van der Waals surface area contributed by atoms with Gasteiger partial charge in [-0.05, 0) is 31.5 Å². The maximum absolute atomic E-state index is 12.1. The quantitative estimate of drug-likeness (QED) is 0.739. The van der Waals surface area contributed by atoms with Crippen LogP contribution in [-0.4, -0.2) is 33.6 Å². The topological polar surface area (TPSA) is 110 Å². The lowest BCUT2D eigenvalue weighted by Crippen LogP contribution is -2.46. The van der Waals surface area contributed by atoms with Gasteiger partial charge >= 0.3 is 5.97 Å². The fourth-order valence-corrected chi connectivity index (χ4v) is 2.13. The smallest absolute Gasteiger partial charge is 0.323 e. The number of ether oxygens (including phenoxy) is 1. The second-order valence-corrected chi connectivity index (χ2v) is 7.08. The normalized spacial score (nSPS) is 15.6. The molecule has 1 aromatic carbocycles. The van der Waals surface area contributed by atoms with Gasteiger partial charge in [-0.25, -0.2) is 0 Å². The first-order valence-corrected chi connectivity index (χ1v) is 7.40. The highest BCUT2D eigenvalue weighted by molar-refractivity contribution is 5.87. The second kappa shape index (κ2) is 6.58. The van der Waals surface area contributed by atoms with E-state index in [4.69, 9.17) is 15.6 Å². The Bertz CT molecular complexity index is 601. The van der Waals surface area contributed by atoms with Gasteiger partial charge in [-0.1, -0.05) is 26.8 Å². The molecule has 0 aliphatic rings. The molecule has 0 radical (unpaired) electrons. The number of nitrogens with two attached hydrogens (primary N) is 1. The molecule has 0 saturated carbocycles. The molecular weight excluding hydrogens is 298 g/mol. The van der Waals surface area contributed by atoms with E-state index in [1.54, 1.807) is 33.8 Å². The van der Waals surface area contributed by atoms with Crippen LogP contribution in [0, 0.1) is 5.41 Å². The van der Waals surface area contributed by atoms with Crippen molar-refractivity contribution >= 4 is 11.8 Å².